The van der Waals surface area contributed by atoms with Crippen LogP contribution in [0.5, 0.6) is 5.75 Å². The van der Waals surface area contributed by atoms with E-state index in [-0.39, 0.29) is 11.8 Å². The van der Waals surface area contributed by atoms with Gasteiger partial charge in [0.15, 0.2) is 11.6 Å². The van der Waals surface area contributed by atoms with Crippen LogP contribution >= 0.6 is 0 Å². The van der Waals surface area contributed by atoms with Gasteiger partial charge in [-0.15, -0.1) is 0 Å². The molecule has 1 aromatic carbocycles. The standard InChI is InChI=1S/C14H21FN4O/c1-20-13-8-7-11(9-12(13)15)18-14(19-16)17-10-5-3-2-4-6-10/h7-10H,2-6,16H2,1H3,(H2,17,18,19). The predicted molar refractivity (Wildman–Crippen MR) is 78.2 cm³/mol. The van der Waals surface area contributed by atoms with Gasteiger partial charge in [-0.05, 0) is 25.0 Å². The van der Waals surface area contributed by atoms with Crippen LogP contribution in [0.4, 0.5) is 10.1 Å². The van der Waals surface area contributed by atoms with Crippen molar-refractivity contribution in [3.63, 3.8) is 0 Å². The van der Waals surface area contributed by atoms with Gasteiger partial charge in [0.2, 0.25) is 5.96 Å². The van der Waals surface area contributed by atoms with Gasteiger partial charge >= 0.3 is 0 Å². The van der Waals surface area contributed by atoms with Gasteiger partial charge in [0.25, 0.3) is 0 Å². The van der Waals surface area contributed by atoms with Crippen molar-refractivity contribution in [2.45, 2.75) is 38.1 Å². The number of benzene rings is 1. The number of hydrogen-bond acceptors (Lipinski definition) is 3. The molecule has 0 aliphatic heterocycles. The lowest BCUT2D eigenvalue weighted by Crippen LogP contribution is -2.37. The Kier molecular flexibility index (Phi) is 5.17. The van der Waals surface area contributed by atoms with Crippen LogP contribution in [0.1, 0.15) is 32.1 Å². The highest BCUT2D eigenvalue weighted by Gasteiger charge is 2.13. The van der Waals surface area contributed by atoms with E-state index in [1.54, 1.807) is 12.1 Å². The van der Waals surface area contributed by atoms with Gasteiger partial charge in [0.1, 0.15) is 0 Å². The van der Waals surface area contributed by atoms with E-state index >= 15 is 0 Å². The van der Waals surface area contributed by atoms with Crippen molar-refractivity contribution in [3.05, 3.63) is 24.0 Å². The van der Waals surface area contributed by atoms with E-state index in [1.807, 2.05) is 0 Å². The number of nitrogens with zero attached hydrogens (tertiary/aromatic N) is 1. The Bertz CT molecular complexity index is 472. The van der Waals surface area contributed by atoms with Gasteiger partial charge in [0, 0.05) is 11.8 Å². The molecular weight excluding hydrogens is 259 g/mol. The summed E-state index contributed by atoms with van der Waals surface area (Å²) in [5.74, 6) is 5.72. The Hall–Kier alpha value is -1.82. The highest BCUT2D eigenvalue weighted by atomic mass is 19.1. The van der Waals surface area contributed by atoms with Crippen LogP contribution in [0, 0.1) is 5.82 Å². The fourth-order valence-electron chi connectivity index (χ4n) is 2.38. The van der Waals surface area contributed by atoms with Crippen molar-refractivity contribution in [3.8, 4) is 5.75 Å². The molecule has 0 radical (unpaired) electrons. The number of rotatable bonds is 3. The smallest absolute Gasteiger partial charge is 0.210 e. The maximum absolute atomic E-state index is 13.6. The average molecular weight is 280 g/mol. The summed E-state index contributed by atoms with van der Waals surface area (Å²) >= 11 is 0. The van der Waals surface area contributed by atoms with Crippen molar-refractivity contribution >= 4 is 11.6 Å². The summed E-state index contributed by atoms with van der Waals surface area (Å²) in [7, 11) is 1.43. The lowest BCUT2D eigenvalue weighted by molar-refractivity contribution is 0.386. The molecule has 0 spiro atoms. The number of ether oxygens (including phenoxy) is 1. The third-order valence-electron chi connectivity index (χ3n) is 3.44. The lowest BCUT2D eigenvalue weighted by Gasteiger charge is -2.19. The SMILES string of the molecule is COc1ccc(NC(=NC2CCCCC2)NN)cc1F. The normalized spacial score (nSPS) is 16.9. The van der Waals surface area contributed by atoms with Crippen molar-refractivity contribution in [1.29, 1.82) is 0 Å². The molecule has 0 amide bonds. The first kappa shape index (κ1) is 14.6. The molecule has 1 aliphatic carbocycles. The first-order valence-electron chi connectivity index (χ1n) is 6.88. The van der Waals surface area contributed by atoms with Crippen LogP contribution in [0.3, 0.4) is 0 Å². The maximum atomic E-state index is 13.6. The number of hydrazine groups is 1. The number of aliphatic imine (C=N–C) groups is 1. The Balaban J connectivity index is 2.05. The van der Waals surface area contributed by atoms with E-state index < -0.39 is 5.82 Å². The molecule has 1 saturated carbocycles. The van der Waals surface area contributed by atoms with E-state index in [2.05, 4.69) is 15.7 Å². The predicted octanol–water partition coefficient (Wildman–Crippen LogP) is 2.40. The number of nitrogens with one attached hydrogen (secondary N) is 2. The molecule has 2 rings (SSSR count). The minimum Gasteiger partial charge on any atom is -0.494 e. The molecule has 1 fully saturated rings. The second-order valence-electron chi connectivity index (χ2n) is 4.89. The molecule has 0 atom stereocenters. The van der Waals surface area contributed by atoms with Crippen LogP contribution in [0.15, 0.2) is 23.2 Å². The summed E-state index contributed by atoms with van der Waals surface area (Å²) in [6.07, 6.45) is 5.81. The molecule has 5 nitrogen and oxygen atoms in total. The molecular formula is C14H21FN4O. The van der Waals surface area contributed by atoms with Crippen LogP contribution in [0.2, 0.25) is 0 Å². The van der Waals surface area contributed by atoms with E-state index in [1.165, 1.54) is 32.4 Å². The van der Waals surface area contributed by atoms with E-state index in [4.69, 9.17) is 10.6 Å². The van der Waals surface area contributed by atoms with Crippen molar-refractivity contribution in [1.82, 2.24) is 5.43 Å². The van der Waals surface area contributed by atoms with Crippen molar-refractivity contribution in [2.75, 3.05) is 12.4 Å². The summed E-state index contributed by atoms with van der Waals surface area (Å²) in [5.41, 5.74) is 3.11. The van der Waals surface area contributed by atoms with Gasteiger partial charge in [-0.1, -0.05) is 19.3 Å². The third kappa shape index (κ3) is 3.84. The van der Waals surface area contributed by atoms with E-state index in [9.17, 15) is 4.39 Å². The number of anilines is 1. The highest BCUT2D eigenvalue weighted by molar-refractivity contribution is 5.93. The second-order valence-corrected chi connectivity index (χ2v) is 4.89. The fourth-order valence-corrected chi connectivity index (χ4v) is 2.38. The zero-order valence-electron chi connectivity index (χ0n) is 11.7. The molecule has 1 aromatic rings. The van der Waals surface area contributed by atoms with E-state index in [0.29, 0.717) is 11.6 Å². The van der Waals surface area contributed by atoms with Gasteiger partial charge in [-0.3, -0.25) is 5.43 Å². The summed E-state index contributed by atoms with van der Waals surface area (Å²) in [6.45, 7) is 0. The Morgan fingerprint density at radius 2 is 2.10 bits per heavy atom. The highest BCUT2D eigenvalue weighted by Crippen LogP contribution is 2.22. The van der Waals surface area contributed by atoms with Crippen LogP contribution in [-0.2, 0) is 0 Å². The molecule has 110 valence electrons. The molecule has 0 bridgehead atoms. The molecule has 1 aliphatic rings. The van der Waals surface area contributed by atoms with Crippen LogP contribution in [-0.4, -0.2) is 19.1 Å². The minimum atomic E-state index is -0.425. The molecule has 20 heavy (non-hydrogen) atoms. The summed E-state index contributed by atoms with van der Waals surface area (Å²) in [5, 5.41) is 2.99. The monoisotopic (exact) mass is 280 g/mol. The number of nitrogens with two attached hydrogens (primary N) is 1. The summed E-state index contributed by atoms with van der Waals surface area (Å²) in [6, 6.07) is 4.92. The summed E-state index contributed by atoms with van der Waals surface area (Å²) in [4.78, 5) is 4.54. The number of hydrogen-bond donors (Lipinski definition) is 3. The number of halogens is 1. The van der Waals surface area contributed by atoms with Crippen molar-refractivity contribution in [2.24, 2.45) is 10.8 Å². The lowest BCUT2D eigenvalue weighted by atomic mass is 9.96. The maximum Gasteiger partial charge on any atom is 0.210 e. The average Bonchev–Trinajstić information content (AvgIpc) is 2.48. The molecule has 0 heterocycles. The number of methoxy groups -OCH3 is 1. The zero-order valence-corrected chi connectivity index (χ0v) is 11.7. The quantitative estimate of drug-likeness (QED) is 0.344. The first-order valence-corrected chi connectivity index (χ1v) is 6.88. The van der Waals surface area contributed by atoms with Gasteiger partial charge < -0.3 is 10.1 Å². The van der Waals surface area contributed by atoms with E-state index in [0.717, 1.165) is 12.8 Å². The zero-order chi connectivity index (χ0) is 14.4. The second kappa shape index (κ2) is 7.09. The first-order chi connectivity index (χ1) is 9.72. The molecule has 4 N–H and O–H groups in total. The fraction of sp³-hybridized carbons (Fsp3) is 0.500. The Morgan fingerprint density at radius 1 is 1.35 bits per heavy atom. The van der Waals surface area contributed by atoms with Crippen LogP contribution in [0.25, 0.3) is 0 Å². The Labute approximate surface area is 118 Å². The van der Waals surface area contributed by atoms with Gasteiger partial charge in [-0.2, -0.15) is 0 Å². The van der Waals surface area contributed by atoms with Gasteiger partial charge in [0.05, 0.1) is 13.2 Å². The molecule has 0 saturated heterocycles. The Morgan fingerprint density at radius 3 is 2.70 bits per heavy atom. The molecule has 0 aromatic heterocycles. The minimum absolute atomic E-state index is 0.210. The van der Waals surface area contributed by atoms with Crippen molar-refractivity contribution < 1.29 is 9.13 Å². The molecule has 0 unspecified atom stereocenters. The molecule has 6 heteroatoms. The largest absolute Gasteiger partial charge is 0.494 e. The van der Waals surface area contributed by atoms with Gasteiger partial charge in [-0.25, -0.2) is 15.2 Å². The summed E-state index contributed by atoms with van der Waals surface area (Å²) < 4.78 is 18.5. The number of guanidine groups is 1. The van der Waals surface area contributed by atoms with Crippen LogP contribution < -0.4 is 21.3 Å². The topological polar surface area (TPSA) is 71.7 Å². The third-order valence-corrected chi connectivity index (χ3v) is 3.44.